The monoisotopic (exact) mass is 859 g/mol. The van der Waals surface area contributed by atoms with Gasteiger partial charge in [0.15, 0.2) is 0 Å². The number of hydrogen-bond donors (Lipinski definition) is 4. The van der Waals surface area contributed by atoms with Gasteiger partial charge < -0.3 is 35.2 Å². The van der Waals surface area contributed by atoms with Gasteiger partial charge in [-0.15, -0.1) is 22.7 Å². The molecule has 0 radical (unpaired) electrons. The number of aliphatic hydroxyl groups is 1. The molecule has 2 aliphatic heterocycles. The van der Waals surface area contributed by atoms with Crippen LogP contribution in [0.4, 0.5) is 23.0 Å². The fourth-order valence-corrected chi connectivity index (χ4v) is 11.2. The Kier molecular flexibility index (Phi) is 11.3. The lowest BCUT2D eigenvalue weighted by Crippen LogP contribution is -2.39. The van der Waals surface area contributed by atoms with Crippen LogP contribution in [0.5, 0.6) is 11.5 Å². The summed E-state index contributed by atoms with van der Waals surface area (Å²) < 4.78 is 11.2. The predicted octanol–water partition coefficient (Wildman–Crippen LogP) is 6.89. The molecule has 0 saturated carbocycles. The van der Waals surface area contributed by atoms with Gasteiger partial charge in [-0.3, -0.25) is 19.6 Å². The van der Waals surface area contributed by atoms with Crippen LogP contribution in [-0.2, 0) is 48.4 Å². The van der Waals surface area contributed by atoms with Crippen molar-refractivity contribution in [1.29, 1.82) is 0 Å². The van der Waals surface area contributed by atoms with Gasteiger partial charge in [0.1, 0.15) is 45.5 Å². The summed E-state index contributed by atoms with van der Waals surface area (Å²) >= 11 is 3.21. The Hall–Kier alpha value is -6.04. The first kappa shape index (κ1) is 40.4. The molecule has 4 aromatic heterocycles. The van der Waals surface area contributed by atoms with Crippen molar-refractivity contribution in [3.8, 4) is 11.5 Å². The number of benzene rings is 2. The summed E-state index contributed by atoms with van der Waals surface area (Å²) in [7, 11) is 3.31. The van der Waals surface area contributed by atoms with Crippen LogP contribution in [0.2, 0.25) is 0 Å². The number of nitrogens with one attached hydrogen (secondary N) is 2. The number of ether oxygens (including phenoxy) is 2. The Morgan fingerprint density at radius 1 is 0.770 bits per heavy atom. The number of anilines is 4. The van der Waals surface area contributed by atoms with Crippen LogP contribution >= 0.6 is 22.7 Å². The van der Waals surface area contributed by atoms with Gasteiger partial charge in [0.25, 0.3) is 0 Å². The molecule has 4 N–H and O–H groups in total. The van der Waals surface area contributed by atoms with Gasteiger partial charge in [-0.2, -0.15) is 0 Å². The minimum atomic E-state index is -0.725. The Morgan fingerprint density at radius 3 is 1.75 bits per heavy atom. The normalized spacial score (nSPS) is 16.9. The molecule has 6 aromatic rings. The maximum absolute atomic E-state index is 13.0. The highest BCUT2D eigenvalue weighted by Gasteiger charge is 2.32. The zero-order chi connectivity index (χ0) is 42.2. The van der Waals surface area contributed by atoms with Gasteiger partial charge in [-0.05, 0) is 103 Å². The second kappa shape index (κ2) is 17.1. The second-order valence-corrected chi connectivity index (χ2v) is 17.5. The number of hydrogen-bond acceptors (Lipinski definition) is 15. The molecule has 0 unspecified atom stereocenters. The zero-order valence-electron chi connectivity index (χ0n) is 34.0. The number of rotatable bonds is 11. The lowest BCUT2D eigenvalue weighted by molar-refractivity contribution is -0.142. The fraction of sp³-hybridized carbons (Fsp3) is 0.364. The minimum Gasteiger partial charge on any atom is -0.495 e. The summed E-state index contributed by atoms with van der Waals surface area (Å²) in [6, 6.07) is 8.10. The van der Waals surface area contributed by atoms with Crippen LogP contribution in [-0.4, -0.2) is 93.3 Å². The molecule has 61 heavy (non-hydrogen) atoms. The van der Waals surface area contributed by atoms with Crippen LogP contribution in [0.3, 0.4) is 0 Å². The lowest BCUT2D eigenvalue weighted by atomic mass is 9.87. The van der Waals surface area contributed by atoms with E-state index in [2.05, 4.69) is 40.6 Å². The highest BCUT2D eigenvalue weighted by atomic mass is 32.1. The van der Waals surface area contributed by atoms with Crippen LogP contribution in [0.1, 0.15) is 62.9 Å². The molecule has 0 spiro atoms. The Balaban J connectivity index is 0.000000158. The van der Waals surface area contributed by atoms with Crippen molar-refractivity contribution in [2.75, 3.05) is 44.5 Å². The Morgan fingerprint density at radius 2 is 1.28 bits per heavy atom. The third-order valence-corrected chi connectivity index (χ3v) is 14.2. The molecule has 4 aliphatic rings. The number of carboxylic acid groups (broad SMARTS) is 1. The maximum atomic E-state index is 13.0. The number of carboxylic acids is 1. The van der Waals surface area contributed by atoms with Crippen LogP contribution in [0.15, 0.2) is 46.9 Å². The highest BCUT2D eigenvalue weighted by Crippen LogP contribution is 2.44. The first-order valence-electron chi connectivity index (χ1n) is 20.3. The second-order valence-electron chi connectivity index (χ2n) is 15.4. The number of aliphatic carboxylic acids is 1. The van der Waals surface area contributed by atoms with E-state index < -0.39 is 5.97 Å². The number of aliphatic hydroxyl groups excluding tert-OH is 1. The molecule has 17 heteroatoms. The third-order valence-electron chi connectivity index (χ3n) is 11.9. The number of carbonyl (C=O) groups excluding carboxylic acids is 1. The van der Waals surface area contributed by atoms with Crippen molar-refractivity contribution in [2.45, 2.75) is 58.5 Å². The van der Waals surface area contributed by atoms with Crippen LogP contribution in [0.25, 0.3) is 20.4 Å². The number of fused-ring (bicyclic) bond motifs is 8. The van der Waals surface area contributed by atoms with Crippen molar-refractivity contribution >= 4 is 90.4 Å². The number of aromatic nitrogens is 4. The topological polar surface area (TPSA) is 197 Å². The van der Waals surface area contributed by atoms with E-state index >= 15 is 0 Å². The number of methoxy groups -OCH3 is 2. The highest BCUT2D eigenvalue weighted by molar-refractivity contribution is 7.19. The van der Waals surface area contributed by atoms with Gasteiger partial charge >= 0.3 is 5.97 Å². The number of aliphatic imine (C=N–C) groups is 2. The third kappa shape index (κ3) is 7.77. The summed E-state index contributed by atoms with van der Waals surface area (Å²) in [6.07, 6.45) is 11.1. The van der Waals surface area contributed by atoms with Gasteiger partial charge in [0, 0.05) is 41.2 Å². The van der Waals surface area contributed by atoms with Crippen molar-refractivity contribution < 1.29 is 29.3 Å². The Labute approximate surface area is 359 Å². The van der Waals surface area contributed by atoms with Crippen molar-refractivity contribution in [2.24, 2.45) is 21.8 Å². The molecular formula is C44H45N9O6S2. The van der Waals surface area contributed by atoms with Crippen molar-refractivity contribution in [3.05, 3.63) is 80.1 Å². The molecule has 2 aromatic carbocycles. The minimum absolute atomic E-state index is 0.0108. The van der Waals surface area contributed by atoms with Gasteiger partial charge in [-0.25, -0.2) is 19.9 Å². The number of carbonyl (C=O) groups is 2. The number of likely N-dealkylation sites (N-methyl/N-ethyl adjacent to an activating group) is 1. The van der Waals surface area contributed by atoms with E-state index in [0.717, 1.165) is 101 Å². The van der Waals surface area contributed by atoms with E-state index in [1.807, 2.05) is 43.6 Å². The van der Waals surface area contributed by atoms with Gasteiger partial charge in [0.2, 0.25) is 5.91 Å². The molecule has 15 nitrogen and oxygen atoms in total. The fourth-order valence-electron chi connectivity index (χ4n) is 8.70. The number of aryl methyl sites for hydroxylation is 2. The van der Waals surface area contributed by atoms with E-state index in [1.165, 1.54) is 16.0 Å². The zero-order valence-corrected chi connectivity index (χ0v) is 35.7. The largest absolute Gasteiger partial charge is 0.495 e. The number of thiophene rings is 2. The van der Waals surface area contributed by atoms with E-state index in [0.29, 0.717) is 45.4 Å². The maximum Gasteiger partial charge on any atom is 0.306 e. The summed E-state index contributed by atoms with van der Waals surface area (Å²) in [6.45, 7) is 4.29. The number of amides is 1. The van der Waals surface area contributed by atoms with Gasteiger partial charge in [0.05, 0.1) is 62.0 Å². The average molecular weight is 860 g/mol. The van der Waals surface area contributed by atoms with E-state index in [4.69, 9.17) is 9.47 Å². The van der Waals surface area contributed by atoms with Crippen LogP contribution in [0, 0.1) is 11.8 Å². The molecule has 2 aliphatic carbocycles. The van der Waals surface area contributed by atoms with Crippen LogP contribution < -0.4 is 20.1 Å². The first-order chi connectivity index (χ1) is 29.8. The van der Waals surface area contributed by atoms with Gasteiger partial charge in [-0.1, -0.05) is 0 Å². The molecule has 10 rings (SSSR count). The SMILES string of the molecule is CCN(CCO)C(=O)[C@H]1CCc2c(sc3ncnc(Nc4cc5c(cc4OC)CN=C5)c23)C1.COc1cc2c(cc1Nc1ncnc3sc4c(c13)CC[C@H](C(=O)O)C4)C=NC2. The standard InChI is InChI=1S/C24H27N5O3S.C20H18N4O3S/c1-3-29(6-7-30)24(31)14-4-5-17-20(10-14)33-23-21(17)22(26-13-27-23)28-18-8-15-11-25-12-16(15)9-19(18)32-2;1-27-15-5-12-8-21-7-11(12)4-14(15)24-18-17-13-3-2-10(20(25)26)6-16(13)28-19(17)23-9-22-18/h8-9,11,13-14,30H,3-7,10,12H2,1-2H3,(H,26,27,28);4-5,7,9-10H,2-3,6,8H2,1H3,(H,25,26)(H,22,23,24)/t14-;10-/m00/s1. The molecule has 6 heterocycles. The van der Waals surface area contributed by atoms with Crippen molar-refractivity contribution in [1.82, 2.24) is 24.8 Å². The summed E-state index contributed by atoms with van der Waals surface area (Å²) in [5, 5.41) is 27.6. The average Bonchev–Trinajstić information content (AvgIpc) is 4.09. The smallest absolute Gasteiger partial charge is 0.306 e. The molecule has 2 atom stereocenters. The molecule has 1 amide bonds. The van der Waals surface area contributed by atoms with E-state index in [-0.39, 0.29) is 24.3 Å². The molecule has 0 saturated heterocycles. The summed E-state index contributed by atoms with van der Waals surface area (Å²) in [5.41, 5.74) is 8.52. The Bertz CT molecular complexity index is 2750. The molecule has 0 fully saturated rings. The molecule has 0 bridgehead atoms. The number of nitrogens with zero attached hydrogens (tertiary/aromatic N) is 7. The van der Waals surface area contributed by atoms with E-state index in [1.54, 1.807) is 54.4 Å². The predicted molar refractivity (Wildman–Crippen MR) is 238 cm³/mol. The summed E-state index contributed by atoms with van der Waals surface area (Å²) in [4.78, 5) is 56.9. The lowest BCUT2D eigenvalue weighted by Gasteiger charge is -2.28. The quantitative estimate of drug-likeness (QED) is 0.106. The van der Waals surface area contributed by atoms with Crippen molar-refractivity contribution in [3.63, 3.8) is 0 Å². The molecular weight excluding hydrogens is 815 g/mol. The van der Waals surface area contributed by atoms with E-state index in [9.17, 15) is 19.8 Å². The first-order valence-corrected chi connectivity index (χ1v) is 22.0. The molecule has 314 valence electrons. The summed E-state index contributed by atoms with van der Waals surface area (Å²) in [5.74, 6) is 2.00.